The number of rotatable bonds is 5. The van der Waals surface area contributed by atoms with Crippen molar-refractivity contribution in [1.29, 1.82) is 0 Å². The lowest BCUT2D eigenvalue weighted by Gasteiger charge is -2.13. The van der Waals surface area contributed by atoms with Gasteiger partial charge in [-0.1, -0.05) is 28.9 Å². The van der Waals surface area contributed by atoms with Gasteiger partial charge in [0.2, 0.25) is 5.91 Å². The molecule has 0 aliphatic heterocycles. The topological polar surface area (TPSA) is 76.0 Å². The van der Waals surface area contributed by atoms with Gasteiger partial charge in [0, 0.05) is 22.8 Å². The number of carbonyl (C=O) groups excluding carboxylic acids is 2. The highest BCUT2D eigenvalue weighted by Crippen LogP contribution is 2.25. The Bertz CT molecular complexity index is 1030. The average molecular weight is 441 g/mol. The fraction of sp³-hybridized carbons (Fsp3) is 0.190. The van der Waals surface area contributed by atoms with E-state index in [0.717, 1.165) is 21.4 Å². The van der Waals surface area contributed by atoms with Crippen LogP contribution in [0.5, 0.6) is 0 Å². The standard InChI is InChI=1S/C21H21BrN4O2/c1-4-20-17(12-23-26(20)16-10-8-15(22)9-11-16)21(28)25-19-7-5-6-18(13(19)2)24-14(3)27/h5-12H,4H2,1-3H3,(H,24,27)(H,25,28). The van der Waals surface area contributed by atoms with Crippen LogP contribution >= 0.6 is 15.9 Å². The van der Waals surface area contributed by atoms with Gasteiger partial charge >= 0.3 is 0 Å². The van der Waals surface area contributed by atoms with Crippen molar-refractivity contribution < 1.29 is 9.59 Å². The zero-order chi connectivity index (χ0) is 20.3. The van der Waals surface area contributed by atoms with Crippen LogP contribution < -0.4 is 10.6 Å². The van der Waals surface area contributed by atoms with Crippen molar-refractivity contribution in [2.24, 2.45) is 0 Å². The van der Waals surface area contributed by atoms with Crippen LogP contribution in [0, 0.1) is 6.92 Å². The maximum absolute atomic E-state index is 12.9. The van der Waals surface area contributed by atoms with Crippen LogP contribution in [0.1, 0.15) is 35.5 Å². The number of benzene rings is 2. The molecule has 144 valence electrons. The third kappa shape index (κ3) is 4.14. The molecule has 0 saturated carbocycles. The molecule has 2 amide bonds. The Hall–Kier alpha value is -2.93. The minimum Gasteiger partial charge on any atom is -0.326 e. The predicted octanol–water partition coefficient (Wildman–Crippen LogP) is 4.72. The van der Waals surface area contributed by atoms with Crippen LogP contribution in [0.2, 0.25) is 0 Å². The summed E-state index contributed by atoms with van der Waals surface area (Å²) in [5, 5.41) is 10.1. The fourth-order valence-corrected chi connectivity index (χ4v) is 3.26. The molecule has 3 rings (SSSR count). The minimum absolute atomic E-state index is 0.157. The lowest BCUT2D eigenvalue weighted by molar-refractivity contribution is -0.114. The smallest absolute Gasteiger partial charge is 0.259 e. The summed E-state index contributed by atoms with van der Waals surface area (Å²) in [6, 6.07) is 13.2. The SMILES string of the molecule is CCc1c(C(=O)Nc2cccc(NC(C)=O)c2C)cnn1-c1ccc(Br)cc1. The number of hydrogen-bond acceptors (Lipinski definition) is 3. The maximum Gasteiger partial charge on any atom is 0.259 e. The van der Waals surface area contributed by atoms with Crippen molar-refractivity contribution >= 4 is 39.1 Å². The Balaban J connectivity index is 1.90. The molecule has 0 aliphatic carbocycles. The quantitative estimate of drug-likeness (QED) is 0.602. The van der Waals surface area contributed by atoms with Crippen LogP contribution in [0.15, 0.2) is 53.1 Å². The van der Waals surface area contributed by atoms with E-state index in [0.29, 0.717) is 23.4 Å². The Morgan fingerprint density at radius 3 is 2.32 bits per heavy atom. The monoisotopic (exact) mass is 440 g/mol. The molecule has 1 aromatic heterocycles. The highest BCUT2D eigenvalue weighted by Gasteiger charge is 2.18. The first-order chi connectivity index (χ1) is 13.4. The number of nitrogens with one attached hydrogen (secondary N) is 2. The second-order valence-corrected chi connectivity index (χ2v) is 7.28. The molecule has 28 heavy (non-hydrogen) atoms. The van der Waals surface area contributed by atoms with Gasteiger partial charge in [0.25, 0.3) is 5.91 Å². The van der Waals surface area contributed by atoms with Gasteiger partial charge in [-0.25, -0.2) is 4.68 Å². The van der Waals surface area contributed by atoms with Gasteiger partial charge in [0.15, 0.2) is 0 Å². The normalized spacial score (nSPS) is 10.6. The van der Waals surface area contributed by atoms with Crippen LogP contribution in [-0.4, -0.2) is 21.6 Å². The van der Waals surface area contributed by atoms with E-state index in [1.54, 1.807) is 23.0 Å². The number of nitrogens with zero attached hydrogens (tertiary/aromatic N) is 2. The maximum atomic E-state index is 12.9. The summed E-state index contributed by atoms with van der Waals surface area (Å²) >= 11 is 3.43. The molecule has 1 heterocycles. The van der Waals surface area contributed by atoms with E-state index in [2.05, 4.69) is 31.7 Å². The van der Waals surface area contributed by atoms with Gasteiger partial charge in [-0.05, 0) is 55.3 Å². The summed E-state index contributed by atoms with van der Waals surface area (Å²) in [6.07, 6.45) is 2.24. The molecule has 6 nitrogen and oxygen atoms in total. The van der Waals surface area contributed by atoms with Gasteiger partial charge in [0.05, 0.1) is 23.1 Å². The highest BCUT2D eigenvalue weighted by atomic mass is 79.9. The summed E-state index contributed by atoms with van der Waals surface area (Å²) in [4.78, 5) is 24.3. The molecule has 3 aromatic rings. The number of halogens is 1. The van der Waals surface area contributed by atoms with E-state index in [9.17, 15) is 9.59 Å². The van der Waals surface area contributed by atoms with Crippen LogP contribution in [0.25, 0.3) is 5.69 Å². The van der Waals surface area contributed by atoms with Crippen molar-refractivity contribution in [3.05, 3.63) is 70.0 Å². The van der Waals surface area contributed by atoms with Crippen molar-refractivity contribution in [3.63, 3.8) is 0 Å². The Labute approximate surface area is 172 Å². The zero-order valence-corrected chi connectivity index (χ0v) is 17.5. The second kappa shape index (κ2) is 8.39. The van der Waals surface area contributed by atoms with Gasteiger partial charge < -0.3 is 10.6 Å². The van der Waals surface area contributed by atoms with E-state index in [1.807, 2.05) is 44.2 Å². The Kier molecular flexibility index (Phi) is 5.94. The van der Waals surface area contributed by atoms with Gasteiger partial charge in [-0.2, -0.15) is 5.10 Å². The number of anilines is 2. The summed E-state index contributed by atoms with van der Waals surface area (Å²) in [5.41, 5.74) is 4.36. The number of amides is 2. The van der Waals surface area contributed by atoms with Gasteiger partial charge in [-0.15, -0.1) is 0 Å². The first-order valence-corrected chi connectivity index (χ1v) is 9.71. The zero-order valence-electron chi connectivity index (χ0n) is 15.9. The predicted molar refractivity (Wildman–Crippen MR) is 114 cm³/mol. The summed E-state index contributed by atoms with van der Waals surface area (Å²) < 4.78 is 2.76. The van der Waals surface area contributed by atoms with E-state index < -0.39 is 0 Å². The third-order valence-corrected chi connectivity index (χ3v) is 4.94. The van der Waals surface area contributed by atoms with Gasteiger partial charge in [0.1, 0.15) is 0 Å². The lowest BCUT2D eigenvalue weighted by atomic mass is 10.1. The first kappa shape index (κ1) is 19.8. The largest absolute Gasteiger partial charge is 0.326 e. The van der Waals surface area contributed by atoms with Crippen LogP contribution in [-0.2, 0) is 11.2 Å². The highest BCUT2D eigenvalue weighted by molar-refractivity contribution is 9.10. The summed E-state index contributed by atoms with van der Waals surface area (Å²) in [5.74, 6) is -0.390. The molecule has 7 heteroatoms. The average Bonchev–Trinajstić information content (AvgIpc) is 3.09. The number of aromatic nitrogens is 2. The summed E-state index contributed by atoms with van der Waals surface area (Å²) in [7, 11) is 0. The minimum atomic E-state index is -0.233. The number of hydrogen-bond donors (Lipinski definition) is 2. The lowest BCUT2D eigenvalue weighted by Crippen LogP contribution is -2.16. The molecule has 0 fully saturated rings. The third-order valence-electron chi connectivity index (χ3n) is 4.41. The van der Waals surface area contributed by atoms with E-state index in [1.165, 1.54) is 6.92 Å². The molecule has 0 atom stereocenters. The van der Waals surface area contributed by atoms with E-state index in [-0.39, 0.29) is 11.8 Å². The van der Waals surface area contributed by atoms with Crippen LogP contribution in [0.4, 0.5) is 11.4 Å². The van der Waals surface area contributed by atoms with Crippen LogP contribution in [0.3, 0.4) is 0 Å². The molecular weight excluding hydrogens is 420 g/mol. The molecule has 0 radical (unpaired) electrons. The fourth-order valence-electron chi connectivity index (χ4n) is 2.99. The van der Waals surface area contributed by atoms with Crippen molar-refractivity contribution in [3.8, 4) is 5.69 Å². The van der Waals surface area contributed by atoms with Crippen molar-refractivity contribution in [2.45, 2.75) is 27.2 Å². The van der Waals surface area contributed by atoms with Gasteiger partial charge in [-0.3, -0.25) is 9.59 Å². The van der Waals surface area contributed by atoms with Crippen molar-refractivity contribution in [1.82, 2.24) is 9.78 Å². The number of carbonyl (C=O) groups is 2. The molecule has 2 N–H and O–H groups in total. The molecular formula is C21H21BrN4O2. The molecule has 2 aromatic carbocycles. The molecule has 0 spiro atoms. The Morgan fingerprint density at radius 2 is 1.71 bits per heavy atom. The Morgan fingerprint density at radius 1 is 1.07 bits per heavy atom. The first-order valence-electron chi connectivity index (χ1n) is 8.92. The van der Waals surface area contributed by atoms with E-state index in [4.69, 9.17) is 0 Å². The molecule has 0 aliphatic rings. The second-order valence-electron chi connectivity index (χ2n) is 6.36. The molecule has 0 saturated heterocycles. The molecule has 0 unspecified atom stereocenters. The summed E-state index contributed by atoms with van der Waals surface area (Å²) in [6.45, 7) is 5.30. The van der Waals surface area contributed by atoms with E-state index >= 15 is 0 Å². The molecule has 0 bridgehead atoms. The van der Waals surface area contributed by atoms with Crippen molar-refractivity contribution in [2.75, 3.05) is 10.6 Å².